The van der Waals surface area contributed by atoms with Gasteiger partial charge >= 0.3 is 129 Å². The number of nitrogens with one attached hydrogen (secondary N) is 1. The van der Waals surface area contributed by atoms with Gasteiger partial charge in [-0.25, -0.2) is 0 Å². The van der Waals surface area contributed by atoms with Gasteiger partial charge in [0.05, 0.1) is 0 Å². The number of carbonyl (C=O) groups is 1. The topological polar surface area (TPSA) is 75.3 Å². The van der Waals surface area contributed by atoms with E-state index in [0.29, 0.717) is 22.6 Å². The zero-order chi connectivity index (χ0) is 15.4. The molecule has 0 aliphatic carbocycles. The van der Waals surface area contributed by atoms with E-state index in [2.05, 4.69) is 11.4 Å². The second-order valence-corrected chi connectivity index (χ2v) is 6.10. The number of hydrogen-bond donors (Lipinski definition) is 1. The summed E-state index contributed by atoms with van der Waals surface area (Å²) in [5.74, 6) is 1.69. The van der Waals surface area contributed by atoms with Gasteiger partial charge in [0.1, 0.15) is 0 Å². The van der Waals surface area contributed by atoms with Crippen LogP contribution in [0.25, 0.3) is 0 Å². The average Bonchev–Trinajstić information content (AvgIpc) is 2.99. The first-order valence-corrected chi connectivity index (χ1v) is 9.07. The number of ether oxygens (including phenoxy) is 1. The maximum atomic E-state index is 12.3. The molecule has 0 aromatic carbocycles. The second kappa shape index (κ2) is 6.66. The van der Waals surface area contributed by atoms with Crippen LogP contribution >= 0.6 is 0 Å². The molecule has 0 radical (unpaired) electrons. The molecule has 1 aliphatic rings. The standard InChI is InChI=1S/C15H16N2O3Se/c1-4-19-15(18)12-9(2)17-14(21-3)10(8-16)13(12)11-6-5-7-20-11/h5-7,13,17H,4H2,1-3H3. The van der Waals surface area contributed by atoms with E-state index in [-0.39, 0.29) is 21.6 Å². The molecular formula is C15H16N2O3Se. The Morgan fingerprint density at radius 1 is 1.62 bits per heavy atom. The summed E-state index contributed by atoms with van der Waals surface area (Å²) in [6.45, 7) is 3.87. The molecule has 21 heavy (non-hydrogen) atoms. The Labute approximate surface area is 129 Å². The summed E-state index contributed by atoms with van der Waals surface area (Å²) in [4.78, 5) is 12.3. The van der Waals surface area contributed by atoms with Gasteiger partial charge in [0.2, 0.25) is 0 Å². The number of nitriles is 1. The van der Waals surface area contributed by atoms with Gasteiger partial charge in [0.25, 0.3) is 0 Å². The molecule has 6 heteroatoms. The number of carbonyl (C=O) groups excluding carboxylic acids is 1. The Morgan fingerprint density at radius 2 is 2.38 bits per heavy atom. The molecule has 0 fully saturated rings. The first-order chi connectivity index (χ1) is 10.1. The van der Waals surface area contributed by atoms with Crippen LogP contribution in [0.2, 0.25) is 5.82 Å². The van der Waals surface area contributed by atoms with Crippen molar-refractivity contribution in [2.45, 2.75) is 25.6 Å². The van der Waals surface area contributed by atoms with Crippen molar-refractivity contribution in [3.8, 4) is 6.07 Å². The van der Waals surface area contributed by atoms with E-state index in [1.165, 1.54) is 0 Å². The molecule has 1 aliphatic heterocycles. The molecule has 1 atom stereocenters. The number of hydrogen-bond acceptors (Lipinski definition) is 5. The quantitative estimate of drug-likeness (QED) is 0.665. The van der Waals surface area contributed by atoms with Gasteiger partial charge in [-0.2, -0.15) is 0 Å². The first kappa shape index (κ1) is 15.4. The number of rotatable bonds is 4. The maximum absolute atomic E-state index is 12.3. The van der Waals surface area contributed by atoms with Crippen LogP contribution in [0.1, 0.15) is 25.5 Å². The molecule has 0 bridgehead atoms. The molecule has 2 heterocycles. The Balaban J connectivity index is 2.57. The van der Waals surface area contributed by atoms with E-state index in [9.17, 15) is 10.1 Å². The predicted octanol–water partition coefficient (Wildman–Crippen LogP) is 2.29. The van der Waals surface area contributed by atoms with E-state index >= 15 is 0 Å². The third kappa shape index (κ3) is 2.89. The Bertz CT molecular complexity index is 638. The van der Waals surface area contributed by atoms with Crippen LogP contribution in [0.15, 0.2) is 44.3 Å². The monoisotopic (exact) mass is 352 g/mol. The van der Waals surface area contributed by atoms with Gasteiger partial charge in [-0.05, 0) is 0 Å². The molecule has 2 rings (SSSR count). The number of dihydropyridines is 1. The normalized spacial score (nSPS) is 18.3. The summed E-state index contributed by atoms with van der Waals surface area (Å²) in [5, 5.41) is 12.7. The zero-order valence-electron chi connectivity index (χ0n) is 12.1. The van der Waals surface area contributed by atoms with Crippen molar-refractivity contribution in [3.63, 3.8) is 0 Å². The molecule has 0 spiro atoms. The van der Waals surface area contributed by atoms with Gasteiger partial charge < -0.3 is 0 Å². The van der Waals surface area contributed by atoms with Crippen LogP contribution < -0.4 is 5.32 Å². The minimum atomic E-state index is -0.498. The molecule has 0 saturated carbocycles. The van der Waals surface area contributed by atoms with E-state index in [4.69, 9.17) is 9.15 Å². The fourth-order valence-electron chi connectivity index (χ4n) is 2.29. The minimum absolute atomic E-state index is 0.108. The van der Waals surface area contributed by atoms with Crippen molar-refractivity contribution in [1.82, 2.24) is 5.32 Å². The molecule has 1 aromatic rings. The summed E-state index contributed by atoms with van der Waals surface area (Å²) < 4.78 is 11.5. The number of esters is 1. The van der Waals surface area contributed by atoms with Crippen LogP contribution in [0.4, 0.5) is 0 Å². The second-order valence-electron chi connectivity index (χ2n) is 4.39. The summed E-state index contributed by atoms with van der Waals surface area (Å²) in [7, 11) is 0. The van der Waals surface area contributed by atoms with Crippen LogP contribution in [0.3, 0.4) is 0 Å². The Hall–Kier alpha value is -1.96. The van der Waals surface area contributed by atoms with Crippen LogP contribution in [-0.2, 0) is 9.53 Å². The number of allylic oxidation sites excluding steroid dienone is 2. The van der Waals surface area contributed by atoms with E-state index in [1.807, 2.05) is 12.7 Å². The molecule has 5 nitrogen and oxygen atoms in total. The van der Waals surface area contributed by atoms with Crippen LogP contribution in [0.5, 0.6) is 0 Å². The molecule has 1 unspecified atom stereocenters. The SMILES string of the molecule is CCOC(=O)C1=C(C)NC([Se]C)=C(C#N)C1c1ccco1. The Morgan fingerprint density at radius 3 is 2.90 bits per heavy atom. The van der Waals surface area contributed by atoms with Crippen molar-refractivity contribution in [2.75, 3.05) is 6.61 Å². The summed E-state index contributed by atoms with van der Waals surface area (Å²) >= 11 is 0.108. The van der Waals surface area contributed by atoms with Gasteiger partial charge in [0.15, 0.2) is 0 Å². The summed E-state index contributed by atoms with van der Waals surface area (Å²) in [6, 6.07) is 5.75. The average molecular weight is 351 g/mol. The summed E-state index contributed by atoms with van der Waals surface area (Å²) in [5.41, 5.74) is 1.69. The van der Waals surface area contributed by atoms with Gasteiger partial charge in [0, 0.05) is 0 Å². The fraction of sp³-hybridized carbons (Fsp3) is 0.333. The van der Waals surface area contributed by atoms with Crippen molar-refractivity contribution in [1.29, 1.82) is 5.26 Å². The van der Waals surface area contributed by atoms with Crippen molar-refractivity contribution < 1.29 is 13.9 Å². The third-order valence-electron chi connectivity index (χ3n) is 3.17. The molecule has 110 valence electrons. The van der Waals surface area contributed by atoms with E-state index in [0.717, 1.165) is 4.60 Å². The molecule has 1 aromatic heterocycles. The van der Waals surface area contributed by atoms with Crippen molar-refractivity contribution in [2.24, 2.45) is 0 Å². The molecule has 0 saturated heterocycles. The molecular weight excluding hydrogens is 335 g/mol. The molecule has 0 amide bonds. The van der Waals surface area contributed by atoms with E-state index in [1.54, 1.807) is 25.3 Å². The fourth-order valence-corrected chi connectivity index (χ4v) is 3.63. The Kier molecular flexibility index (Phi) is 4.89. The number of furan rings is 1. The zero-order valence-corrected chi connectivity index (χ0v) is 13.8. The van der Waals surface area contributed by atoms with Gasteiger partial charge in [-0.1, -0.05) is 0 Å². The predicted molar refractivity (Wildman–Crippen MR) is 78.2 cm³/mol. The molecule has 1 N–H and O–H groups in total. The van der Waals surface area contributed by atoms with Gasteiger partial charge in [-0.3, -0.25) is 0 Å². The van der Waals surface area contributed by atoms with E-state index < -0.39 is 11.9 Å². The van der Waals surface area contributed by atoms with Crippen molar-refractivity contribution >= 4 is 20.9 Å². The van der Waals surface area contributed by atoms with Crippen LogP contribution in [-0.4, -0.2) is 27.5 Å². The summed E-state index contributed by atoms with van der Waals surface area (Å²) in [6.07, 6.45) is 1.54. The van der Waals surface area contributed by atoms with Crippen molar-refractivity contribution in [3.05, 3.63) is 45.6 Å². The third-order valence-corrected chi connectivity index (χ3v) is 4.71. The first-order valence-electron chi connectivity index (χ1n) is 6.50. The van der Waals surface area contributed by atoms with Gasteiger partial charge in [-0.15, -0.1) is 0 Å². The number of nitrogens with zero attached hydrogens (tertiary/aromatic N) is 1. The van der Waals surface area contributed by atoms with Crippen LogP contribution in [0, 0.1) is 11.3 Å².